The van der Waals surface area contributed by atoms with Gasteiger partial charge < -0.3 is 18.9 Å². The van der Waals surface area contributed by atoms with E-state index in [1.54, 1.807) is 28.4 Å². The fourth-order valence-electron chi connectivity index (χ4n) is 6.72. The predicted molar refractivity (Wildman–Crippen MR) is 267 cm³/mol. The maximum absolute atomic E-state index is 5.57. The standard InChI is InChI=1S/C32H38O2.C26H26O2/c1-31(2,3)27-17-19-29(33-7)25(21-27)15-13-23-9-11-24(12-10-23)14-16-26-22-28(32(4,5)6)18-20-30(26)34-8;1-20-4-17-26(28-3)25(18-20)16-15-23-9-7-21(8-10-23)5-6-22-11-13-24(14-12-22)19-27-2/h9-22H,1-8H3;4-18H,19H2,1-3H3/b15-13+,16-14+;6-5+,16-15+. The van der Waals surface area contributed by atoms with E-state index in [0.29, 0.717) is 6.61 Å². The van der Waals surface area contributed by atoms with Crippen LogP contribution in [0.5, 0.6) is 17.2 Å². The summed E-state index contributed by atoms with van der Waals surface area (Å²) in [5, 5.41) is 0. The van der Waals surface area contributed by atoms with Crippen molar-refractivity contribution in [3.8, 4) is 17.2 Å². The Morgan fingerprint density at radius 3 is 1.00 bits per heavy atom. The molecule has 0 amide bonds. The lowest BCUT2D eigenvalue weighted by Gasteiger charge is -2.20. The third kappa shape index (κ3) is 13.8. The second-order valence-corrected chi connectivity index (χ2v) is 17.5. The number of hydrogen-bond donors (Lipinski definition) is 0. The van der Waals surface area contributed by atoms with E-state index in [-0.39, 0.29) is 10.8 Å². The van der Waals surface area contributed by atoms with Crippen LogP contribution in [-0.2, 0) is 22.2 Å². The molecule has 0 aliphatic heterocycles. The summed E-state index contributed by atoms with van der Waals surface area (Å²) >= 11 is 0. The molecule has 6 aromatic carbocycles. The summed E-state index contributed by atoms with van der Waals surface area (Å²) in [6.45, 7) is 16.1. The highest BCUT2D eigenvalue weighted by Crippen LogP contribution is 2.31. The van der Waals surface area contributed by atoms with Crippen molar-refractivity contribution in [3.63, 3.8) is 0 Å². The van der Waals surface area contributed by atoms with E-state index in [1.807, 2.05) is 6.07 Å². The van der Waals surface area contributed by atoms with Gasteiger partial charge in [-0.15, -0.1) is 0 Å². The molecular formula is C58H64O4. The van der Waals surface area contributed by atoms with E-state index in [1.165, 1.54) is 33.4 Å². The number of aryl methyl sites for hydroxylation is 1. The normalized spacial score (nSPS) is 12.0. The SMILES string of the molecule is COCc1ccc(/C=C/c2ccc(/C=C/c3cc(C)ccc3OC)cc2)cc1.COc1ccc(C(C)(C)C)cc1/C=C/c1ccc(/C=C/c2cc(C(C)(C)C)ccc2OC)cc1. The minimum atomic E-state index is 0.0952. The van der Waals surface area contributed by atoms with Crippen molar-refractivity contribution >= 4 is 48.6 Å². The van der Waals surface area contributed by atoms with Gasteiger partial charge in [0.2, 0.25) is 0 Å². The van der Waals surface area contributed by atoms with Gasteiger partial charge in [0.05, 0.1) is 27.9 Å². The molecule has 6 rings (SSSR count). The summed E-state index contributed by atoms with van der Waals surface area (Å²) in [5.74, 6) is 2.66. The molecule has 0 fully saturated rings. The Bertz CT molecular complexity index is 2370. The Morgan fingerprint density at radius 2 is 0.677 bits per heavy atom. The Morgan fingerprint density at radius 1 is 0.371 bits per heavy atom. The number of benzene rings is 6. The highest BCUT2D eigenvalue weighted by molar-refractivity contribution is 5.77. The van der Waals surface area contributed by atoms with Crippen LogP contribution in [0.3, 0.4) is 0 Å². The highest BCUT2D eigenvalue weighted by Gasteiger charge is 2.16. The molecule has 0 heterocycles. The fourth-order valence-corrected chi connectivity index (χ4v) is 6.72. The van der Waals surface area contributed by atoms with Crippen molar-refractivity contribution in [3.05, 3.63) is 194 Å². The van der Waals surface area contributed by atoms with Crippen LogP contribution in [-0.4, -0.2) is 28.4 Å². The van der Waals surface area contributed by atoms with Gasteiger partial charge in [0, 0.05) is 23.8 Å². The molecule has 0 N–H and O–H groups in total. The van der Waals surface area contributed by atoms with Crippen LogP contribution in [0.15, 0.2) is 127 Å². The second-order valence-electron chi connectivity index (χ2n) is 17.5. The summed E-state index contributed by atoms with van der Waals surface area (Å²) in [6.07, 6.45) is 17.0. The van der Waals surface area contributed by atoms with Crippen LogP contribution in [0.25, 0.3) is 48.6 Å². The minimum absolute atomic E-state index is 0.0952. The van der Waals surface area contributed by atoms with Crippen molar-refractivity contribution < 1.29 is 18.9 Å². The lowest BCUT2D eigenvalue weighted by Crippen LogP contribution is -2.11. The molecule has 0 bridgehead atoms. The van der Waals surface area contributed by atoms with Crippen molar-refractivity contribution in [2.45, 2.75) is 65.9 Å². The minimum Gasteiger partial charge on any atom is -0.496 e. The molecule has 0 atom stereocenters. The first kappa shape index (κ1) is 46.7. The molecule has 320 valence electrons. The predicted octanol–water partition coefficient (Wildman–Crippen LogP) is 15.1. The second kappa shape index (κ2) is 21.9. The molecule has 62 heavy (non-hydrogen) atoms. The summed E-state index contributed by atoms with van der Waals surface area (Å²) < 4.78 is 21.7. The van der Waals surface area contributed by atoms with Gasteiger partial charge in [-0.3, -0.25) is 0 Å². The Labute approximate surface area is 371 Å². The summed E-state index contributed by atoms with van der Waals surface area (Å²) in [6, 6.07) is 44.5. The summed E-state index contributed by atoms with van der Waals surface area (Å²) in [7, 11) is 6.85. The zero-order valence-electron chi connectivity index (χ0n) is 38.6. The molecule has 0 unspecified atom stereocenters. The maximum Gasteiger partial charge on any atom is 0.126 e. The summed E-state index contributed by atoms with van der Waals surface area (Å²) in [4.78, 5) is 0. The fraction of sp³-hybridized carbons (Fsp3) is 0.241. The molecule has 4 nitrogen and oxygen atoms in total. The molecular weight excluding hydrogens is 761 g/mol. The van der Waals surface area contributed by atoms with Gasteiger partial charge in [-0.1, -0.05) is 187 Å². The van der Waals surface area contributed by atoms with Gasteiger partial charge in [0.25, 0.3) is 0 Å². The quantitative estimate of drug-likeness (QED) is 0.109. The third-order valence-electron chi connectivity index (χ3n) is 10.6. The molecule has 0 saturated carbocycles. The molecule has 0 aromatic heterocycles. The van der Waals surface area contributed by atoms with Gasteiger partial charge in [-0.25, -0.2) is 0 Å². The van der Waals surface area contributed by atoms with Crippen molar-refractivity contribution in [2.75, 3.05) is 28.4 Å². The van der Waals surface area contributed by atoms with Crippen LogP contribution in [0, 0.1) is 6.92 Å². The number of hydrogen-bond acceptors (Lipinski definition) is 4. The van der Waals surface area contributed by atoms with E-state index < -0.39 is 0 Å². The van der Waals surface area contributed by atoms with Crippen molar-refractivity contribution in [1.82, 2.24) is 0 Å². The van der Waals surface area contributed by atoms with Crippen molar-refractivity contribution in [2.24, 2.45) is 0 Å². The topological polar surface area (TPSA) is 36.9 Å². The zero-order chi connectivity index (χ0) is 44.7. The lowest BCUT2D eigenvalue weighted by molar-refractivity contribution is 0.185. The number of rotatable bonds is 13. The van der Waals surface area contributed by atoms with E-state index in [0.717, 1.165) is 50.6 Å². The molecule has 4 heteroatoms. The molecule has 0 spiro atoms. The first-order valence-electron chi connectivity index (χ1n) is 21.2. The van der Waals surface area contributed by atoms with Gasteiger partial charge in [-0.05, 0) is 98.7 Å². The average Bonchev–Trinajstić information content (AvgIpc) is 3.27. The Balaban J connectivity index is 0.000000238. The molecule has 0 aliphatic carbocycles. The molecule has 0 aliphatic rings. The van der Waals surface area contributed by atoms with E-state index in [2.05, 4.69) is 218 Å². The average molecular weight is 825 g/mol. The van der Waals surface area contributed by atoms with Gasteiger partial charge in [-0.2, -0.15) is 0 Å². The van der Waals surface area contributed by atoms with Gasteiger partial charge in [0.15, 0.2) is 0 Å². The molecule has 0 radical (unpaired) electrons. The monoisotopic (exact) mass is 824 g/mol. The van der Waals surface area contributed by atoms with Crippen molar-refractivity contribution in [1.29, 1.82) is 0 Å². The number of methoxy groups -OCH3 is 4. The highest BCUT2D eigenvalue weighted by atomic mass is 16.5. The Hall–Kier alpha value is -6.36. The van der Waals surface area contributed by atoms with Crippen LogP contribution in [0.2, 0.25) is 0 Å². The zero-order valence-corrected chi connectivity index (χ0v) is 38.6. The Kier molecular flexibility index (Phi) is 16.5. The van der Waals surface area contributed by atoms with Gasteiger partial charge >= 0.3 is 0 Å². The smallest absolute Gasteiger partial charge is 0.126 e. The number of ether oxygens (including phenoxy) is 4. The first-order chi connectivity index (χ1) is 29.7. The van der Waals surface area contributed by atoms with Crippen LogP contribution >= 0.6 is 0 Å². The first-order valence-corrected chi connectivity index (χ1v) is 21.2. The van der Waals surface area contributed by atoms with Crippen LogP contribution in [0.1, 0.15) is 108 Å². The van der Waals surface area contributed by atoms with E-state index >= 15 is 0 Å². The van der Waals surface area contributed by atoms with Crippen LogP contribution < -0.4 is 14.2 Å². The molecule has 0 saturated heterocycles. The maximum atomic E-state index is 5.57. The van der Waals surface area contributed by atoms with Gasteiger partial charge in [0.1, 0.15) is 17.2 Å². The third-order valence-corrected chi connectivity index (χ3v) is 10.6. The lowest BCUT2D eigenvalue weighted by atomic mass is 9.86. The van der Waals surface area contributed by atoms with Crippen LogP contribution in [0.4, 0.5) is 0 Å². The van der Waals surface area contributed by atoms with E-state index in [4.69, 9.17) is 18.9 Å². The molecule has 6 aromatic rings. The van der Waals surface area contributed by atoms with E-state index in [9.17, 15) is 0 Å². The summed E-state index contributed by atoms with van der Waals surface area (Å²) in [5.41, 5.74) is 14.2. The largest absolute Gasteiger partial charge is 0.496 e.